The summed E-state index contributed by atoms with van der Waals surface area (Å²) in [6.45, 7) is 5.80. The van der Waals surface area contributed by atoms with Gasteiger partial charge < -0.3 is 10.4 Å². The van der Waals surface area contributed by atoms with Gasteiger partial charge in [-0.2, -0.15) is 0 Å². The van der Waals surface area contributed by atoms with Gasteiger partial charge in [0, 0.05) is 12.6 Å². The summed E-state index contributed by atoms with van der Waals surface area (Å²) in [5.41, 5.74) is -0.863. The van der Waals surface area contributed by atoms with Crippen LogP contribution in [0.5, 0.6) is 0 Å². The third kappa shape index (κ3) is 14.9. The van der Waals surface area contributed by atoms with Crippen molar-refractivity contribution >= 4 is 5.91 Å². The molecule has 0 rings (SSSR count). The molecule has 19 heavy (non-hydrogen) atoms. The van der Waals surface area contributed by atoms with E-state index in [9.17, 15) is 9.90 Å². The Morgan fingerprint density at radius 1 is 1.16 bits per heavy atom. The van der Waals surface area contributed by atoms with Crippen LogP contribution >= 0.6 is 0 Å². The van der Waals surface area contributed by atoms with Gasteiger partial charge in [-0.05, 0) is 26.7 Å². The third-order valence-corrected chi connectivity index (χ3v) is 2.66. The average Bonchev–Trinajstić information content (AvgIpc) is 2.33. The number of hydrogen-bond donors (Lipinski definition) is 2. The maximum Gasteiger partial charge on any atom is 0.244 e. The molecule has 3 heteroatoms. The summed E-state index contributed by atoms with van der Waals surface area (Å²) in [7, 11) is 0. The molecular formula is C16H29NO2. The molecule has 0 aliphatic heterocycles. The molecule has 0 saturated carbocycles. The van der Waals surface area contributed by atoms with Crippen LogP contribution in [-0.4, -0.2) is 23.2 Å². The summed E-state index contributed by atoms with van der Waals surface area (Å²) < 4.78 is 0. The van der Waals surface area contributed by atoms with Gasteiger partial charge in [0.05, 0.1) is 5.60 Å². The lowest BCUT2D eigenvalue weighted by molar-refractivity contribution is -0.117. The number of carbonyl (C=O) groups excluding carboxylic acids is 1. The van der Waals surface area contributed by atoms with Crippen molar-refractivity contribution in [1.29, 1.82) is 0 Å². The molecule has 3 nitrogen and oxygen atoms in total. The topological polar surface area (TPSA) is 49.3 Å². The van der Waals surface area contributed by atoms with Crippen molar-refractivity contribution in [2.75, 3.05) is 6.54 Å². The molecule has 0 aromatic rings. The number of carbonyl (C=O) groups is 1. The normalized spacial score (nSPS) is 12.4. The Kier molecular flexibility index (Phi) is 10.2. The van der Waals surface area contributed by atoms with Crippen molar-refractivity contribution in [3.8, 4) is 0 Å². The van der Waals surface area contributed by atoms with Crippen LogP contribution in [0.3, 0.4) is 0 Å². The summed E-state index contributed by atoms with van der Waals surface area (Å²) in [5.74, 6) is -0.172. The van der Waals surface area contributed by atoms with E-state index < -0.39 is 5.60 Å². The highest BCUT2D eigenvalue weighted by atomic mass is 16.3. The number of allylic oxidation sites excluding steroid dienone is 3. The minimum absolute atomic E-state index is 0.172. The zero-order valence-corrected chi connectivity index (χ0v) is 12.6. The molecule has 0 saturated heterocycles. The molecule has 0 fully saturated rings. The first-order valence-corrected chi connectivity index (χ1v) is 7.29. The Hall–Kier alpha value is -1.09. The van der Waals surface area contributed by atoms with Crippen LogP contribution < -0.4 is 5.32 Å². The molecule has 0 radical (unpaired) electrons. The fourth-order valence-electron chi connectivity index (χ4n) is 1.55. The second-order valence-electron chi connectivity index (χ2n) is 5.52. The maximum atomic E-state index is 11.4. The first-order valence-electron chi connectivity index (χ1n) is 7.29. The maximum absolute atomic E-state index is 11.4. The SMILES string of the molecule is CCCCCCC/C=C/C=C/C(=O)NCC(C)(C)O. The molecule has 0 atom stereocenters. The fraction of sp³-hybridized carbons (Fsp3) is 0.688. The predicted molar refractivity (Wildman–Crippen MR) is 81.0 cm³/mol. The second kappa shape index (κ2) is 10.8. The van der Waals surface area contributed by atoms with Crippen LogP contribution in [0.1, 0.15) is 59.3 Å². The number of aliphatic hydroxyl groups is 1. The number of rotatable bonds is 10. The van der Waals surface area contributed by atoms with Gasteiger partial charge in [-0.15, -0.1) is 0 Å². The summed E-state index contributed by atoms with van der Waals surface area (Å²) in [6, 6.07) is 0. The van der Waals surface area contributed by atoms with E-state index in [0.29, 0.717) is 0 Å². The van der Waals surface area contributed by atoms with Crippen molar-refractivity contribution < 1.29 is 9.90 Å². The van der Waals surface area contributed by atoms with Gasteiger partial charge in [-0.25, -0.2) is 0 Å². The number of unbranched alkanes of at least 4 members (excludes halogenated alkanes) is 5. The van der Waals surface area contributed by atoms with E-state index in [1.165, 1.54) is 38.2 Å². The summed E-state index contributed by atoms with van der Waals surface area (Å²) in [4.78, 5) is 11.4. The minimum Gasteiger partial charge on any atom is -0.389 e. The van der Waals surface area contributed by atoms with Crippen LogP contribution in [0.2, 0.25) is 0 Å². The highest BCUT2D eigenvalue weighted by Gasteiger charge is 2.12. The van der Waals surface area contributed by atoms with Gasteiger partial charge in [-0.3, -0.25) is 4.79 Å². The lowest BCUT2D eigenvalue weighted by Gasteiger charge is -2.16. The molecule has 0 aliphatic carbocycles. The van der Waals surface area contributed by atoms with Crippen molar-refractivity contribution in [2.45, 2.75) is 64.9 Å². The smallest absolute Gasteiger partial charge is 0.244 e. The molecule has 0 heterocycles. The van der Waals surface area contributed by atoms with E-state index in [4.69, 9.17) is 0 Å². The second-order valence-corrected chi connectivity index (χ2v) is 5.52. The predicted octanol–water partition coefficient (Wildman–Crippen LogP) is 3.35. The first-order chi connectivity index (χ1) is 8.95. The van der Waals surface area contributed by atoms with Gasteiger partial charge in [-0.1, -0.05) is 50.8 Å². The zero-order valence-electron chi connectivity index (χ0n) is 12.6. The van der Waals surface area contributed by atoms with Gasteiger partial charge in [0.25, 0.3) is 0 Å². The largest absolute Gasteiger partial charge is 0.389 e. The van der Waals surface area contributed by atoms with Gasteiger partial charge >= 0.3 is 0 Å². The molecule has 1 amide bonds. The number of nitrogens with one attached hydrogen (secondary N) is 1. The van der Waals surface area contributed by atoms with Crippen molar-refractivity contribution in [2.24, 2.45) is 0 Å². The van der Waals surface area contributed by atoms with Gasteiger partial charge in [0.15, 0.2) is 0 Å². The highest BCUT2D eigenvalue weighted by Crippen LogP contribution is 2.05. The number of hydrogen-bond acceptors (Lipinski definition) is 2. The molecule has 110 valence electrons. The molecule has 0 aliphatic rings. The van der Waals surface area contributed by atoms with Crippen LogP contribution in [0, 0.1) is 0 Å². The van der Waals surface area contributed by atoms with E-state index in [1.54, 1.807) is 19.9 Å². The standard InChI is InChI=1S/C16H29NO2/c1-4-5-6-7-8-9-10-11-12-13-15(18)17-14-16(2,3)19/h10-13,19H,4-9,14H2,1-3H3,(H,17,18)/b11-10+,13-12+. The Morgan fingerprint density at radius 2 is 1.84 bits per heavy atom. The summed E-state index contributed by atoms with van der Waals surface area (Å²) >= 11 is 0. The van der Waals surface area contributed by atoms with Crippen LogP contribution in [0.4, 0.5) is 0 Å². The number of amides is 1. The van der Waals surface area contributed by atoms with Crippen molar-refractivity contribution in [1.82, 2.24) is 5.32 Å². The van der Waals surface area contributed by atoms with Gasteiger partial charge in [0.2, 0.25) is 5.91 Å². The molecule has 0 bridgehead atoms. The average molecular weight is 267 g/mol. The highest BCUT2D eigenvalue weighted by molar-refractivity contribution is 5.87. The van der Waals surface area contributed by atoms with Crippen molar-refractivity contribution in [3.63, 3.8) is 0 Å². The summed E-state index contributed by atoms with van der Waals surface area (Å²) in [6.07, 6.45) is 14.7. The molecule has 0 aromatic heterocycles. The zero-order chi connectivity index (χ0) is 14.6. The Labute approximate surface area is 117 Å². The first kappa shape index (κ1) is 17.9. The summed E-state index contributed by atoms with van der Waals surface area (Å²) in [5, 5.41) is 12.1. The van der Waals surface area contributed by atoms with Crippen molar-refractivity contribution in [3.05, 3.63) is 24.3 Å². The molecular weight excluding hydrogens is 238 g/mol. The molecule has 0 spiro atoms. The lowest BCUT2D eigenvalue weighted by Crippen LogP contribution is -2.37. The lowest BCUT2D eigenvalue weighted by atomic mass is 10.1. The van der Waals surface area contributed by atoms with Crippen LogP contribution in [-0.2, 0) is 4.79 Å². The van der Waals surface area contributed by atoms with E-state index in [-0.39, 0.29) is 12.5 Å². The molecule has 0 unspecified atom stereocenters. The van der Waals surface area contributed by atoms with E-state index in [0.717, 1.165) is 6.42 Å². The van der Waals surface area contributed by atoms with E-state index >= 15 is 0 Å². The third-order valence-electron chi connectivity index (χ3n) is 2.66. The molecule has 2 N–H and O–H groups in total. The quantitative estimate of drug-likeness (QED) is 0.362. The minimum atomic E-state index is -0.863. The van der Waals surface area contributed by atoms with Crippen LogP contribution in [0.25, 0.3) is 0 Å². The monoisotopic (exact) mass is 267 g/mol. The van der Waals surface area contributed by atoms with E-state index in [1.807, 2.05) is 6.08 Å². The Balaban J connectivity index is 3.57. The molecule has 0 aromatic carbocycles. The Bertz CT molecular complexity index is 288. The van der Waals surface area contributed by atoms with Gasteiger partial charge in [0.1, 0.15) is 0 Å². The van der Waals surface area contributed by atoms with Crippen LogP contribution in [0.15, 0.2) is 24.3 Å². The fourth-order valence-corrected chi connectivity index (χ4v) is 1.55. The van der Waals surface area contributed by atoms with E-state index in [2.05, 4.69) is 18.3 Å². The Morgan fingerprint density at radius 3 is 2.47 bits per heavy atom.